The van der Waals surface area contributed by atoms with Crippen LogP contribution < -0.4 is 0 Å². The maximum absolute atomic E-state index is 3.68. The zero-order valence-corrected chi connectivity index (χ0v) is 40.0. The second kappa shape index (κ2) is 37.3. The van der Waals surface area contributed by atoms with Crippen LogP contribution in [-0.4, -0.2) is 42.0 Å². The Kier molecular flexibility index (Phi) is 34.9. The highest BCUT2D eigenvalue weighted by Gasteiger charge is 2.42. The molecule has 0 bridgehead atoms. The van der Waals surface area contributed by atoms with Gasteiger partial charge in [-0.3, -0.25) is 4.90 Å². The fourth-order valence-electron chi connectivity index (χ4n) is 7.22. The maximum Gasteiger partial charge on any atom is 0.0236 e. The Morgan fingerprint density at radius 3 is 1.90 bits per heavy atom. The molecule has 1 heterocycles. The molecule has 2 nitrogen and oxygen atoms in total. The lowest BCUT2D eigenvalue weighted by Crippen LogP contribution is -2.58. The molecule has 0 amide bonds. The Morgan fingerprint density at radius 1 is 0.780 bits per heavy atom. The monoisotopic (exact) mass is 803 g/mol. The third-order valence-electron chi connectivity index (χ3n) is 11.0. The molecule has 1 unspecified atom stereocenters. The zero-order valence-electron chi connectivity index (χ0n) is 40.0. The molecule has 328 valence electrons. The highest BCUT2D eigenvalue weighted by Crippen LogP contribution is 2.38. The van der Waals surface area contributed by atoms with Gasteiger partial charge in [0.05, 0.1) is 0 Å². The number of hydrogen-bond acceptors (Lipinski definition) is 2. The van der Waals surface area contributed by atoms with E-state index in [1.807, 2.05) is 39.8 Å². The van der Waals surface area contributed by atoms with Crippen molar-refractivity contribution in [2.24, 2.45) is 0 Å². The molecule has 59 heavy (non-hydrogen) atoms. The van der Waals surface area contributed by atoms with E-state index in [0.717, 1.165) is 13.0 Å². The summed E-state index contributed by atoms with van der Waals surface area (Å²) in [6.07, 6.45) is 38.0. The molecule has 1 atom stereocenters. The number of allylic oxidation sites excluding steroid dienone is 14. The summed E-state index contributed by atoms with van der Waals surface area (Å²) in [7, 11) is 0. The van der Waals surface area contributed by atoms with E-state index in [-0.39, 0.29) is 0 Å². The van der Waals surface area contributed by atoms with E-state index in [9.17, 15) is 0 Å². The van der Waals surface area contributed by atoms with Crippen molar-refractivity contribution in [2.75, 3.05) is 26.2 Å². The minimum Gasteiger partial charge on any atom is -0.302 e. The highest BCUT2D eigenvalue weighted by atomic mass is 15.2. The van der Waals surface area contributed by atoms with E-state index in [1.54, 1.807) is 11.1 Å². The van der Waals surface area contributed by atoms with Gasteiger partial charge in [-0.2, -0.15) is 0 Å². The van der Waals surface area contributed by atoms with Crippen LogP contribution in [0.4, 0.5) is 0 Å². The summed E-state index contributed by atoms with van der Waals surface area (Å²) in [5.41, 5.74) is 8.07. The number of likely N-dealkylation sites (tertiary alicyclic amines) is 1. The second-order valence-corrected chi connectivity index (χ2v) is 15.5. The normalized spacial score (nSPS) is 15.2. The maximum atomic E-state index is 3.68. The predicted molar refractivity (Wildman–Crippen MR) is 269 cm³/mol. The van der Waals surface area contributed by atoms with Crippen LogP contribution in [-0.2, 0) is 12.0 Å². The van der Waals surface area contributed by atoms with E-state index in [1.165, 1.54) is 114 Å². The summed E-state index contributed by atoms with van der Waals surface area (Å²) in [6.45, 7) is 34.6. The Hall–Kier alpha value is -3.72. The van der Waals surface area contributed by atoms with Gasteiger partial charge >= 0.3 is 0 Å². The minimum absolute atomic E-state index is 0.464. The van der Waals surface area contributed by atoms with Crippen LogP contribution in [0, 0.1) is 0 Å². The third-order valence-corrected chi connectivity index (χ3v) is 11.0. The van der Waals surface area contributed by atoms with Gasteiger partial charge in [-0.1, -0.05) is 201 Å². The molecule has 2 aromatic rings. The SMILES string of the molecule is C/C=C/C=C\C=C/C(CCCN(Cc1ccccc1)C(C)CC)=C1CCC1.C=C/C=C(\C=C/C)CCCC.C=CCC.CC.CCCC1(c2ccccc2)CN(CC)C1. The van der Waals surface area contributed by atoms with E-state index in [4.69, 9.17) is 0 Å². The fraction of sp³-hybridized carbons (Fsp3) is 0.509. The van der Waals surface area contributed by atoms with E-state index < -0.39 is 0 Å². The molecule has 0 N–H and O–H groups in total. The molecule has 2 aromatic carbocycles. The molecule has 0 spiro atoms. The van der Waals surface area contributed by atoms with Gasteiger partial charge in [0, 0.05) is 31.1 Å². The largest absolute Gasteiger partial charge is 0.302 e. The summed E-state index contributed by atoms with van der Waals surface area (Å²) >= 11 is 0. The molecule has 4 rings (SSSR count). The summed E-state index contributed by atoms with van der Waals surface area (Å²) in [5, 5.41) is 0. The molecule has 0 radical (unpaired) electrons. The zero-order chi connectivity index (χ0) is 44.0. The number of unbranched alkanes of at least 4 members (excludes halogenated alkanes) is 1. The van der Waals surface area contributed by atoms with Gasteiger partial charge in [0.1, 0.15) is 0 Å². The number of likely N-dealkylation sites (N-methyl/N-ethyl adjacent to an activating group) is 1. The number of benzene rings is 2. The quantitative estimate of drug-likeness (QED) is 0.0916. The van der Waals surface area contributed by atoms with E-state index >= 15 is 0 Å². The second-order valence-electron chi connectivity index (χ2n) is 15.5. The summed E-state index contributed by atoms with van der Waals surface area (Å²) in [6, 6.07) is 22.6. The van der Waals surface area contributed by atoms with Gasteiger partial charge in [0.25, 0.3) is 0 Å². The average Bonchev–Trinajstić information content (AvgIpc) is 3.24. The Bertz CT molecular complexity index is 1470. The standard InChI is InChI=1S/C26H37N.C14H21N.C11H18.C4H8.C2H6/c1-4-6-7-8-12-17-25(26-18-13-19-26)20-14-21-27(23(3)5-2)22-24-15-10-9-11-16-24;1-3-10-14(11-15(4-2)12-14)13-8-6-5-7-9-13;1-4-7-10-11(8-5-2)9-6-3;1-3-4-2;1-2/h4,6-12,15-17,23H,5,13-14,18-22H2,1-3H3;5-9H,3-4,10-12H2,1-2H3;5-6,8-9H,2,4,7,10H2,1,3H3;3H,1,4H2,2H3;1-2H3/b6-4+,8-7-,17-12-;;9-6-,11-8+;;. The molecule has 2 aliphatic rings. The molecule has 2 fully saturated rings. The molecular formula is C57H90N2. The third kappa shape index (κ3) is 24.2. The Morgan fingerprint density at radius 2 is 1.41 bits per heavy atom. The van der Waals surface area contributed by atoms with Crippen molar-refractivity contribution < 1.29 is 0 Å². The lowest BCUT2D eigenvalue weighted by Gasteiger charge is -2.50. The van der Waals surface area contributed by atoms with Crippen LogP contribution in [0.5, 0.6) is 0 Å². The number of rotatable bonds is 21. The average molecular weight is 803 g/mol. The minimum atomic E-state index is 0.464. The van der Waals surface area contributed by atoms with E-state index in [0.29, 0.717) is 11.5 Å². The summed E-state index contributed by atoms with van der Waals surface area (Å²) in [4.78, 5) is 5.18. The lowest BCUT2D eigenvalue weighted by molar-refractivity contribution is 0.0629. The highest BCUT2D eigenvalue weighted by molar-refractivity contribution is 5.32. The van der Waals surface area contributed by atoms with Crippen LogP contribution in [0.2, 0.25) is 0 Å². The van der Waals surface area contributed by atoms with Crippen molar-refractivity contribution >= 4 is 0 Å². The molecule has 1 aliphatic heterocycles. The van der Waals surface area contributed by atoms with Crippen LogP contribution in [0.15, 0.2) is 157 Å². The topological polar surface area (TPSA) is 6.48 Å². The summed E-state index contributed by atoms with van der Waals surface area (Å²) in [5.74, 6) is 0. The molecule has 0 aromatic heterocycles. The van der Waals surface area contributed by atoms with Crippen LogP contribution in [0.1, 0.15) is 157 Å². The molecule has 1 aliphatic carbocycles. The van der Waals surface area contributed by atoms with Crippen LogP contribution >= 0.6 is 0 Å². The van der Waals surface area contributed by atoms with Crippen LogP contribution in [0.3, 0.4) is 0 Å². The van der Waals surface area contributed by atoms with Gasteiger partial charge in [0.15, 0.2) is 0 Å². The predicted octanol–water partition coefficient (Wildman–Crippen LogP) is 16.8. The first-order valence-corrected chi connectivity index (χ1v) is 23.6. The van der Waals surface area contributed by atoms with Crippen LogP contribution in [0.25, 0.3) is 0 Å². The first-order valence-electron chi connectivity index (χ1n) is 23.6. The molecule has 2 heteroatoms. The molecule has 1 saturated carbocycles. The Labute approximate surface area is 367 Å². The first-order chi connectivity index (χ1) is 28.8. The van der Waals surface area contributed by atoms with Crippen molar-refractivity contribution in [1.82, 2.24) is 9.80 Å². The smallest absolute Gasteiger partial charge is 0.0236 e. The van der Waals surface area contributed by atoms with Gasteiger partial charge in [-0.25, -0.2) is 0 Å². The van der Waals surface area contributed by atoms with E-state index in [2.05, 4.69) is 180 Å². The lowest BCUT2D eigenvalue weighted by atomic mass is 9.70. The van der Waals surface area contributed by atoms with Crippen molar-refractivity contribution in [3.8, 4) is 0 Å². The van der Waals surface area contributed by atoms with Gasteiger partial charge in [-0.15, -0.1) is 6.58 Å². The van der Waals surface area contributed by atoms with Crippen molar-refractivity contribution in [3.05, 3.63) is 169 Å². The van der Waals surface area contributed by atoms with Crippen molar-refractivity contribution in [3.63, 3.8) is 0 Å². The van der Waals surface area contributed by atoms with Gasteiger partial charge in [0.2, 0.25) is 0 Å². The Balaban J connectivity index is 0.000000881. The first kappa shape index (κ1) is 55.3. The summed E-state index contributed by atoms with van der Waals surface area (Å²) < 4.78 is 0. The number of hydrogen-bond donors (Lipinski definition) is 0. The fourth-order valence-corrected chi connectivity index (χ4v) is 7.22. The van der Waals surface area contributed by atoms with Crippen molar-refractivity contribution in [2.45, 2.75) is 164 Å². The molecule has 1 saturated heterocycles. The van der Waals surface area contributed by atoms with Crippen molar-refractivity contribution in [1.29, 1.82) is 0 Å². The molecular weight excluding hydrogens is 713 g/mol. The van der Waals surface area contributed by atoms with Gasteiger partial charge in [-0.05, 0) is 120 Å². The van der Waals surface area contributed by atoms with Gasteiger partial charge < -0.3 is 4.90 Å². The number of nitrogens with zero attached hydrogens (tertiary/aromatic N) is 2.